The molecule has 2 N–H and O–H groups in total. The molecule has 23 heavy (non-hydrogen) atoms. The molecule has 5 heteroatoms. The first-order valence-corrected chi connectivity index (χ1v) is 8.55. The van der Waals surface area contributed by atoms with Gasteiger partial charge in [0.2, 0.25) is 0 Å². The molecule has 1 aliphatic heterocycles. The summed E-state index contributed by atoms with van der Waals surface area (Å²) >= 11 is 0. The van der Waals surface area contributed by atoms with E-state index in [1.165, 1.54) is 5.56 Å². The normalized spacial score (nSPS) is 24.3. The van der Waals surface area contributed by atoms with Crippen LogP contribution < -0.4 is 5.32 Å². The number of hydrogen-bond donors (Lipinski definition) is 2. The highest BCUT2D eigenvalue weighted by Gasteiger charge is 2.35. The molecule has 5 nitrogen and oxygen atoms in total. The molecule has 1 saturated heterocycles. The Morgan fingerprint density at radius 1 is 1.30 bits per heavy atom. The standard InChI is InChI=1S/C18H26N2O3/c1-13-4-6-14(7-5-13)17-16(3-2-12-23-17)19-18(22)20(10-11-21)15-8-9-15/h4-7,15-17,21H,2-3,8-12H2,1H3,(H,19,22)/t16-,17+/m0/s1. The Bertz CT molecular complexity index is 528. The number of amides is 2. The largest absolute Gasteiger partial charge is 0.395 e. The number of nitrogens with zero attached hydrogens (tertiary/aromatic N) is 1. The summed E-state index contributed by atoms with van der Waals surface area (Å²) in [5.74, 6) is 0. The maximum absolute atomic E-state index is 12.6. The highest BCUT2D eigenvalue weighted by molar-refractivity contribution is 5.75. The first-order chi connectivity index (χ1) is 11.2. The maximum Gasteiger partial charge on any atom is 0.318 e. The molecular formula is C18H26N2O3. The van der Waals surface area contributed by atoms with E-state index in [9.17, 15) is 9.90 Å². The van der Waals surface area contributed by atoms with E-state index in [4.69, 9.17) is 4.74 Å². The molecular weight excluding hydrogens is 292 g/mol. The molecule has 2 aliphatic rings. The van der Waals surface area contributed by atoms with Crippen molar-refractivity contribution in [3.63, 3.8) is 0 Å². The summed E-state index contributed by atoms with van der Waals surface area (Å²) in [4.78, 5) is 14.3. The zero-order valence-electron chi connectivity index (χ0n) is 13.7. The quantitative estimate of drug-likeness (QED) is 0.876. The molecule has 0 radical (unpaired) electrons. The van der Waals surface area contributed by atoms with Crippen LogP contribution in [0.1, 0.15) is 42.9 Å². The summed E-state index contributed by atoms with van der Waals surface area (Å²) in [7, 11) is 0. The number of benzene rings is 1. The predicted molar refractivity (Wildman–Crippen MR) is 88.2 cm³/mol. The molecule has 1 aliphatic carbocycles. The molecule has 0 unspecified atom stereocenters. The van der Waals surface area contributed by atoms with Crippen LogP contribution in [0.4, 0.5) is 4.79 Å². The van der Waals surface area contributed by atoms with Gasteiger partial charge in [-0.05, 0) is 38.2 Å². The van der Waals surface area contributed by atoms with E-state index < -0.39 is 0 Å². The fourth-order valence-corrected chi connectivity index (χ4v) is 3.20. The number of aliphatic hydroxyl groups is 1. The van der Waals surface area contributed by atoms with E-state index in [0.717, 1.165) is 37.9 Å². The van der Waals surface area contributed by atoms with Crippen LogP contribution in [0.2, 0.25) is 0 Å². The molecule has 2 fully saturated rings. The Hall–Kier alpha value is -1.59. The van der Waals surface area contributed by atoms with Gasteiger partial charge in [0, 0.05) is 19.2 Å². The minimum atomic E-state index is -0.0940. The zero-order chi connectivity index (χ0) is 16.2. The van der Waals surface area contributed by atoms with E-state index >= 15 is 0 Å². The van der Waals surface area contributed by atoms with Crippen molar-refractivity contribution in [2.24, 2.45) is 0 Å². The molecule has 3 rings (SSSR count). The Kier molecular flexibility index (Phi) is 5.18. The molecule has 1 saturated carbocycles. The summed E-state index contributed by atoms with van der Waals surface area (Å²) in [6.45, 7) is 3.20. The molecule has 1 heterocycles. The molecule has 126 valence electrons. The molecule has 2 amide bonds. The molecule has 1 aromatic carbocycles. The lowest BCUT2D eigenvalue weighted by Crippen LogP contribution is -2.50. The van der Waals surface area contributed by atoms with Gasteiger partial charge in [0.1, 0.15) is 6.10 Å². The van der Waals surface area contributed by atoms with Gasteiger partial charge in [-0.3, -0.25) is 0 Å². The molecule has 1 aromatic rings. The van der Waals surface area contributed by atoms with E-state index in [1.807, 2.05) is 0 Å². The Balaban J connectivity index is 1.68. The number of carbonyl (C=O) groups excluding carboxylic acids is 1. The topological polar surface area (TPSA) is 61.8 Å². The van der Waals surface area contributed by atoms with E-state index in [1.54, 1.807) is 4.90 Å². The Morgan fingerprint density at radius 2 is 2.04 bits per heavy atom. The average Bonchev–Trinajstić information content (AvgIpc) is 3.39. The number of carbonyl (C=O) groups is 1. The lowest BCUT2D eigenvalue weighted by atomic mass is 9.95. The van der Waals surface area contributed by atoms with E-state index in [0.29, 0.717) is 12.6 Å². The van der Waals surface area contributed by atoms with Gasteiger partial charge in [-0.25, -0.2) is 4.79 Å². The van der Waals surface area contributed by atoms with Gasteiger partial charge in [-0.15, -0.1) is 0 Å². The van der Waals surface area contributed by atoms with Gasteiger partial charge in [-0.2, -0.15) is 0 Å². The third-order valence-corrected chi connectivity index (χ3v) is 4.63. The van der Waals surface area contributed by atoms with Gasteiger partial charge in [0.05, 0.1) is 12.6 Å². The Labute approximate surface area is 137 Å². The number of aliphatic hydroxyl groups excluding tert-OH is 1. The highest BCUT2D eigenvalue weighted by atomic mass is 16.5. The van der Waals surface area contributed by atoms with Gasteiger partial charge < -0.3 is 20.1 Å². The summed E-state index contributed by atoms with van der Waals surface area (Å²) in [5, 5.41) is 12.3. The van der Waals surface area contributed by atoms with Crippen LogP contribution in [0.5, 0.6) is 0 Å². The second-order valence-corrected chi connectivity index (χ2v) is 6.55. The van der Waals surface area contributed by atoms with Crippen LogP contribution in [0, 0.1) is 6.92 Å². The van der Waals surface area contributed by atoms with E-state index in [2.05, 4.69) is 36.5 Å². The third-order valence-electron chi connectivity index (χ3n) is 4.63. The van der Waals surface area contributed by atoms with Crippen LogP contribution >= 0.6 is 0 Å². The van der Waals surface area contributed by atoms with Crippen LogP contribution in [0.25, 0.3) is 0 Å². The van der Waals surface area contributed by atoms with Crippen LogP contribution in [-0.4, -0.2) is 47.9 Å². The van der Waals surface area contributed by atoms with Gasteiger partial charge in [0.15, 0.2) is 0 Å². The first-order valence-electron chi connectivity index (χ1n) is 8.55. The Morgan fingerprint density at radius 3 is 2.70 bits per heavy atom. The SMILES string of the molecule is Cc1ccc([C@H]2OCCC[C@@H]2NC(=O)N(CCO)C2CC2)cc1. The first kappa shape index (κ1) is 16.3. The molecule has 0 spiro atoms. The summed E-state index contributed by atoms with van der Waals surface area (Å²) in [5.41, 5.74) is 2.33. The fourth-order valence-electron chi connectivity index (χ4n) is 3.20. The number of nitrogens with one attached hydrogen (secondary N) is 1. The van der Waals surface area contributed by atoms with Crippen molar-refractivity contribution < 1.29 is 14.6 Å². The third kappa shape index (κ3) is 4.03. The molecule has 0 bridgehead atoms. The predicted octanol–water partition coefficient (Wildman–Crippen LogP) is 2.38. The second-order valence-electron chi connectivity index (χ2n) is 6.55. The molecule has 0 aromatic heterocycles. The summed E-state index contributed by atoms with van der Waals surface area (Å²) < 4.78 is 5.95. The van der Waals surface area contributed by atoms with Crippen molar-refractivity contribution >= 4 is 6.03 Å². The average molecular weight is 318 g/mol. The van der Waals surface area contributed by atoms with E-state index in [-0.39, 0.29) is 24.8 Å². The monoisotopic (exact) mass is 318 g/mol. The summed E-state index contributed by atoms with van der Waals surface area (Å²) in [6.07, 6.45) is 3.86. The van der Waals surface area contributed by atoms with Crippen molar-refractivity contribution in [2.75, 3.05) is 19.8 Å². The van der Waals surface area contributed by atoms with Crippen molar-refractivity contribution in [1.29, 1.82) is 0 Å². The van der Waals surface area contributed by atoms with Crippen molar-refractivity contribution in [3.05, 3.63) is 35.4 Å². The van der Waals surface area contributed by atoms with Crippen LogP contribution in [-0.2, 0) is 4.74 Å². The lowest BCUT2D eigenvalue weighted by Gasteiger charge is -2.34. The van der Waals surface area contributed by atoms with Crippen LogP contribution in [0.3, 0.4) is 0 Å². The number of hydrogen-bond acceptors (Lipinski definition) is 3. The number of ether oxygens (including phenoxy) is 1. The minimum absolute atomic E-state index is 0.00643. The van der Waals surface area contributed by atoms with Gasteiger partial charge in [0.25, 0.3) is 0 Å². The van der Waals surface area contributed by atoms with Crippen molar-refractivity contribution in [2.45, 2.75) is 50.8 Å². The van der Waals surface area contributed by atoms with Crippen LogP contribution in [0.15, 0.2) is 24.3 Å². The summed E-state index contributed by atoms with van der Waals surface area (Å²) in [6, 6.07) is 8.52. The molecule has 2 atom stereocenters. The highest BCUT2D eigenvalue weighted by Crippen LogP contribution is 2.30. The smallest absolute Gasteiger partial charge is 0.318 e. The van der Waals surface area contributed by atoms with Gasteiger partial charge >= 0.3 is 6.03 Å². The fraction of sp³-hybridized carbons (Fsp3) is 0.611. The number of aryl methyl sites for hydroxylation is 1. The number of urea groups is 1. The zero-order valence-corrected chi connectivity index (χ0v) is 13.7. The number of rotatable bonds is 5. The van der Waals surface area contributed by atoms with Crippen molar-refractivity contribution in [3.8, 4) is 0 Å². The lowest BCUT2D eigenvalue weighted by molar-refractivity contribution is -0.00889. The van der Waals surface area contributed by atoms with Crippen molar-refractivity contribution in [1.82, 2.24) is 10.2 Å². The minimum Gasteiger partial charge on any atom is -0.395 e. The van der Waals surface area contributed by atoms with Gasteiger partial charge in [-0.1, -0.05) is 29.8 Å². The maximum atomic E-state index is 12.6. The second kappa shape index (κ2) is 7.32.